The van der Waals surface area contributed by atoms with Gasteiger partial charge in [0.25, 0.3) is 0 Å². The molecule has 0 heterocycles. The number of methoxy groups -OCH3 is 1. The first kappa shape index (κ1) is 13.2. The Hall–Kier alpha value is -1.22. The second-order valence-electron chi connectivity index (χ2n) is 5.34. The van der Waals surface area contributed by atoms with Crippen molar-refractivity contribution in [3.8, 4) is 11.5 Å². The van der Waals surface area contributed by atoms with Gasteiger partial charge in [-0.05, 0) is 42.7 Å². The summed E-state index contributed by atoms with van der Waals surface area (Å²) < 4.78 is 11.0. The van der Waals surface area contributed by atoms with Crippen molar-refractivity contribution in [3.63, 3.8) is 0 Å². The predicted octanol–water partition coefficient (Wildman–Crippen LogP) is 2.87. The molecule has 1 aromatic carbocycles. The molecule has 0 amide bonds. The molecule has 1 atom stereocenters. The molecule has 100 valence electrons. The van der Waals surface area contributed by atoms with Gasteiger partial charge in [-0.2, -0.15) is 0 Å². The standard InChI is InChI=1S/C15H22O3/c1-15(11-16,12-7-8-12)9-10-18-14-6-4-3-5-13(14)17-2/h3-6,12,16H,7-11H2,1-2H3. The molecule has 0 aromatic heterocycles. The number of aliphatic hydroxyl groups is 1. The fourth-order valence-corrected chi connectivity index (χ4v) is 2.32. The molecule has 1 aromatic rings. The summed E-state index contributed by atoms with van der Waals surface area (Å²) in [5.41, 5.74) is 0.0159. The van der Waals surface area contributed by atoms with E-state index in [4.69, 9.17) is 9.47 Å². The molecule has 0 bridgehead atoms. The molecule has 1 aliphatic carbocycles. The second-order valence-corrected chi connectivity index (χ2v) is 5.34. The van der Waals surface area contributed by atoms with E-state index in [0.717, 1.165) is 17.9 Å². The van der Waals surface area contributed by atoms with E-state index < -0.39 is 0 Å². The van der Waals surface area contributed by atoms with Gasteiger partial charge in [0.15, 0.2) is 11.5 Å². The molecule has 1 unspecified atom stereocenters. The van der Waals surface area contributed by atoms with Gasteiger partial charge in [0.1, 0.15) is 0 Å². The quantitative estimate of drug-likeness (QED) is 0.808. The van der Waals surface area contributed by atoms with Crippen LogP contribution in [0.2, 0.25) is 0 Å². The van der Waals surface area contributed by atoms with Crippen LogP contribution in [0.25, 0.3) is 0 Å². The molecule has 3 nitrogen and oxygen atoms in total. The zero-order valence-corrected chi connectivity index (χ0v) is 11.2. The van der Waals surface area contributed by atoms with Crippen LogP contribution >= 0.6 is 0 Å². The van der Waals surface area contributed by atoms with Gasteiger partial charge in [0.2, 0.25) is 0 Å². The fourth-order valence-electron chi connectivity index (χ4n) is 2.32. The lowest BCUT2D eigenvalue weighted by molar-refractivity contribution is 0.0906. The second kappa shape index (κ2) is 5.61. The molecular weight excluding hydrogens is 228 g/mol. The zero-order valence-electron chi connectivity index (χ0n) is 11.2. The van der Waals surface area contributed by atoms with Crippen LogP contribution in [0.5, 0.6) is 11.5 Å². The normalized spacial score (nSPS) is 18.2. The number of hydrogen-bond acceptors (Lipinski definition) is 3. The molecule has 18 heavy (non-hydrogen) atoms. The lowest BCUT2D eigenvalue weighted by Crippen LogP contribution is -2.26. The maximum absolute atomic E-state index is 9.51. The molecule has 1 saturated carbocycles. The van der Waals surface area contributed by atoms with Crippen LogP contribution in [0.1, 0.15) is 26.2 Å². The van der Waals surface area contributed by atoms with E-state index in [2.05, 4.69) is 6.92 Å². The fraction of sp³-hybridized carbons (Fsp3) is 0.600. The minimum absolute atomic E-state index is 0.0159. The molecular formula is C15H22O3. The van der Waals surface area contributed by atoms with Crippen LogP contribution in [-0.4, -0.2) is 25.4 Å². The van der Waals surface area contributed by atoms with E-state index in [0.29, 0.717) is 12.5 Å². The largest absolute Gasteiger partial charge is 0.493 e. The van der Waals surface area contributed by atoms with Crippen LogP contribution < -0.4 is 9.47 Å². The van der Waals surface area contributed by atoms with Crippen molar-refractivity contribution < 1.29 is 14.6 Å². The maximum atomic E-state index is 9.51. The highest BCUT2D eigenvalue weighted by Crippen LogP contribution is 2.47. The van der Waals surface area contributed by atoms with Crippen molar-refractivity contribution in [2.75, 3.05) is 20.3 Å². The molecule has 0 spiro atoms. The van der Waals surface area contributed by atoms with Crippen molar-refractivity contribution in [3.05, 3.63) is 24.3 Å². The molecule has 1 aliphatic rings. The van der Waals surface area contributed by atoms with E-state index in [1.807, 2.05) is 24.3 Å². The number of hydrogen-bond donors (Lipinski definition) is 1. The Morgan fingerprint density at radius 1 is 1.28 bits per heavy atom. The summed E-state index contributed by atoms with van der Waals surface area (Å²) in [6, 6.07) is 7.66. The first-order valence-corrected chi connectivity index (χ1v) is 6.56. The van der Waals surface area contributed by atoms with Crippen LogP contribution in [0, 0.1) is 11.3 Å². The van der Waals surface area contributed by atoms with Gasteiger partial charge in [-0.3, -0.25) is 0 Å². The van der Waals surface area contributed by atoms with Gasteiger partial charge >= 0.3 is 0 Å². The van der Waals surface area contributed by atoms with Crippen molar-refractivity contribution in [1.82, 2.24) is 0 Å². The van der Waals surface area contributed by atoms with Crippen LogP contribution in [-0.2, 0) is 0 Å². The Labute approximate surface area is 109 Å². The van der Waals surface area contributed by atoms with Crippen molar-refractivity contribution in [2.45, 2.75) is 26.2 Å². The lowest BCUT2D eigenvalue weighted by atomic mass is 9.83. The predicted molar refractivity (Wildman–Crippen MR) is 71.0 cm³/mol. The summed E-state index contributed by atoms with van der Waals surface area (Å²) in [5.74, 6) is 2.20. The smallest absolute Gasteiger partial charge is 0.161 e. The zero-order chi connectivity index (χ0) is 13.0. The van der Waals surface area contributed by atoms with Crippen LogP contribution in [0.4, 0.5) is 0 Å². The van der Waals surface area contributed by atoms with E-state index in [1.54, 1.807) is 7.11 Å². The minimum atomic E-state index is 0.0159. The van der Waals surface area contributed by atoms with Gasteiger partial charge in [0.05, 0.1) is 13.7 Å². The molecule has 0 aliphatic heterocycles. The monoisotopic (exact) mass is 250 g/mol. The first-order chi connectivity index (χ1) is 8.69. The van der Waals surface area contributed by atoms with Gasteiger partial charge in [-0.1, -0.05) is 19.1 Å². The Morgan fingerprint density at radius 3 is 2.50 bits per heavy atom. The van der Waals surface area contributed by atoms with Gasteiger partial charge < -0.3 is 14.6 Å². The average molecular weight is 250 g/mol. The molecule has 1 fully saturated rings. The number of aliphatic hydroxyl groups excluding tert-OH is 1. The van der Waals surface area contributed by atoms with E-state index in [1.165, 1.54) is 12.8 Å². The number of para-hydroxylation sites is 2. The summed E-state index contributed by atoms with van der Waals surface area (Å²) in [4.78, 5) is 0. The summed E-state index contributed by atoms with van der Waals surface area (Å²) in [5, 5.41) is 9.51. The highest BCUT2D eigenvalue weighted by Gasteiger charge is 2.40. The third kappa shape index (κ3) is 2.96. The van der Waals surface area contributed by atoms with Gasteiger partial charge in [-0.15, -0.1) is 0 Å². The van der Waals surface area contributed by atoms with Gasteiger partial charge in [-0.25, -0.2) is 0 Å². The third-order valence-corrected chi connectivity index (χ3v) is 3.92. The highest BCUT2D eigenvalue weighted by atomic mass is 16.5. The highest BCUT2D eigenvalue weighted by molar-refractivity contribution is 5.39. The van der Waals surface area contributed by atoms with Crippen molar-refractivity contribution >= 4 is 0 Å². The molecule has 1 N–H and O–H groups in total. The summed E-state index contributed by atoms with van der Waals surface area (Å²) in [7, 11) is 1.64. The Balaban J connectivity index is 1.87. The minimum Gasteiger partial charge on any atom is -0.493 e. The molecule has 3 heteroatoms. The molecule has 2 rings (SSSR count). The Morgan fingerprint density at radius 2 is 1.94 bits per heavy atom. The third-order valence-electron chi connectivity index (χ3n) is 3.92. The van der Waals surface area contributed by atoms with Crippen molar-refractivity contribution in [1.29, 1.82) is 0 Å². The van der Waals surface area contributed by atoms with Gasteiger partial charge in [0, 0.05) is 6.61 Å². The van der Waals surface area contributed by atoms with E-state index >= 15 is 0 Å². The van der Waals surface area contributed by atoms with Crippen molar-refractivity contribution in [2.24, 2.45) is 11.3 Å². The Bertz CT molecular complexity index is 387. The van der Waals surface area contributed by atoms with Crippen LogP contribution in [0.3, 0.4) is 0 Å². The average Bonchev–Trinajstić information content (AvgIpc) is 3.24. The number of rotatable bonds is 7. The van der Waals surface area contributed by atoms with E-state index in [-0.39, 0.29) is 12.0 Å². The molecule has 0 radical (unpaired) electrons. The van der Waals surface area contributed by atoms with E-state index in [9.17, 15) is 5.11 Å². The SMILES string of the molecule is COc1ccccc1OCCC(C)(CO)C1CC1. The summed E-state index contributed by atoms with van der Waals surface area (Å²) in [6.07, 6.45) is 3.36. The number of ether oxygens (including phenoxy) is 2. The Kier molecular flexibility index (Phi) is 4.12. The topological polar surface area (TPSA) is 38.7 Å². The summed E-state index contributed by atoms with van der Waals surface area (Å²) >= 11 is 0. The lowest BCUT2D eigenvalue weighted by Gasteiger charge is -2.27. The maximum Gasteiger partial charge on any atom is 0.161 e. The summed E-state index contributed by atoms with van der Waals surface area (Å²) in [6.45, 7) is 3.01. The van der Waals surface area contributed by atoms with Crippen LogP contribution in [0.15, 0.2) is 24.3 Å². The molecule has 0 saturated heterocycles. The first-order valence-electron chi connectivity index (χ1n) is 6.56. The number of benzene rings is 1.